The molecule has 4 heteroatoms. The van der Waals surface area contributed by atoms with Crippen LogP contribution in [0, 0.1) is 5.41 Å². The molecule has 0 aliphatic carbocycles. The molecule has 0 unspecified atom stereocenters. The second-order valence-electron chi connectivity index (χ2n) is 6.81. The maximum atomic E-state index is 12.5. The van der Waals surface area contributed by atoms with Crippen LogP contribution in [0.1, 0.15) is 32.8 Å². The van der Waals surface area contributed by atoms with Crippen LogP contribution < -0.4 is 0 Å². The van der Waals surface area contributed by atoms with Crippen LogP contribution in [0.5, 0.6) is 0 Å². The molecule has 1 saturated heterocycles. The minimum Gasteiger partial charge on any atom is -0.341 e. The number of hydrogen-bond acceptors (Lipinski definition) is 2. The van der Waals surface area contributed by atoms with Gasteiger partial charge < -0.3 is 9.80 Å². The Morgan fingerprint density at radius 2 is 1.86 bits per heavy atom. The molecule has 120 valence electrons. The lowest BCUT2D eigenvalue weighted by molar-refractivity contribution is -0.138. The van der Waals surface area contributed by atoms with Crippen LogP contribution in [-0.4, -0.2) is 47.8 Å². The summed E-state index contributed by atoms with van der Waals surface area (Å²) < 4.78 is 0. The molecule has 0 spiro atoms. The van der Waals surface area contributed by atoms with Gasteiger partial charge in [0.25, 0.3) is 0 Å². The molecule has 0 radical (unpaired) electrons. The molecule has 22 heavy (non-hydrogen) atoms. The van der Waals surface area contributed by atoms with Crippen LogP contribution in [0.2, 0.25) is 0 Å². The predicted molar refractivity (Wildman–Crippen MR) is 87.4 cm³/mol. The summed E-state index contributed by atoms with van der Waals surface area (Å²) >= 11 is 0. The van der Waals surface area contributed by atoms with Gasteiger partial charge in [0, 0.05) is 26.1 Å². The van der Waals surface area contributed by atoms with Crippen LogP contribution >= 0.6 is 0 Å². The summed E-state index contributed by atoms with van der Waals surface area (Å²) in [4.78, 5) is 28.4. The van der Waals surface area contributed by atoms with Crippen molar-refractivity contribution in [2.45, 2.75) is 33.6 Å². The van der Waals surface area contributed by atoms with Crippen LogP contribution in [0.15, 0.2) is 30.3 Å². The Morgan fingerprint density at radius 1 is 1.18 bits per heavy atom. The van der Waals surface area contributed by atoms with Crippen molar-refractivity contribution >= 4 is 11.8 Å². The molecule has 0 saturated carbocycles. The summed E-state index contributed by atoms with van der Waals surface area (Å²) in [6.07, 6.45) is 1.18. The fourth-order valence-corrected chi connectivity index (χ4v) is 3.01. The van der Waals surface area contributed by atoms with Crippen molar-refractivity contribution in [1.82, 2.24) is 9.80 Å². The first-order valence-electron chi connectivity index (χ1n) is 8.01. The van der Waals surface area contributed by atoms with Gasteiger partial charge in [0.15, 0.2) is 0 Å². The van der Waals surface area contributed by atoms with Gasteiger partial charge in [-0.3, -0.25) is 9.59 Å². The average molecular weight is 302 g/mol. The molecule has 1 aromatic carbocycles. The third-order valence-corrected chi connectivity index (χ3v) is 4.12. The van der Waals surface area contributed by atoms with Crippen LogP contribution in [0.25, 0.3) is 0 Å². The summed E-state index contributed by atoms with van der Waals surface area (Å²) in [6.45, 7) is 8.49. The van der Waals surface area contributed by atoms with Crippen LogP contribution in [-0.2, 0) is 16.0 Å². The number of carbonyl (C=O) groups excluding carboxylic acids is 2. The number of aryl methyl sites for hydroxylation is 1. The van der Waals surface area contributed by atoms with E-state index in [1.807, 2.05) is 42.2 Å². The Hall–Kier alpha value is -1.84. The number of hydrogen-bond donors (Lipinski definition) is 0. The number of rotatable bonds is 4. The number of likely N-dealkylation sites (N-methyl/N-ethyl adjacent to an activating group) is 1. The van der Waals surface area contributed by atoms with E-state index in [1.165, 1.54) is 0 Å². The van der Waals surface area contributed by atoms with Crippen molar-refractivity contribution in [1.29, 1.82) is 0 Å². The van der Waals surface area contributed by atoms with Crippen LogP contribution in [0.3, 0.4) is 0 Å². The van der Waals surface area contributed by atoms with Crippen molar-refractivity contribution in [3.05, 3.63) is 35.9 Å². The van der Waals surface area contributed by atoms with Gasteiger partial charge in [0.05, 0.1) is 6.54 Å². The molecular formula is C18H26N2O2. The molecule has 1 aliphatic heterocycles. The van der Waals surface area contributed by atoms with E-state index in [-0.39, 0.29) is 23.8 Å². The summed E-state index contributed by atoms with van der Waals surface area (Å²) in [5, 5.41) is 0. The molecular weight excluding hydrogens is 276 g/mol. The van der Waals surface area contributed by atoms with Gasteiger partial charge in [-0.2, -0.15) is 0 Å². The smallest absolute Gasteiger partial charge is 0.242 e. The zero-order valence-corrected chi connectivity index (χ0v) is 13.8. The van der Waals surface area contributed by atoms with E-state index in [0.717, 1.165) is 12.0 Å². The maximum absolute atomic E-state index is 12.5. The van der Waals surface area contributed by atoms with E-state index < -0.39 is 0 Å². The summed E-state index contributed by atoms with van der Waals surface area (Å²) in [5.74, 6) is 0.129. The largest absolute Gasteiger partial charge is 0.341 e. The first-order valence-corrected chi connectivity index (χ1v) is 8.01. The SMILES string of the molecule is CCN1CC(C)(C)CN(C(=O)CCc2ccccc2)CC1=O. The van der Waals surface area contributed by atoms with Crippen LogP contribution in [0.4, 0.5) is 0 Å². The number of carbonyl (C=O) groups is 2. The van der Waals surface area contributed by atoms with E-state index in [2.05, 4.69) is 13.8 Å². The fraction of sp³-hybridized carbons (Fsp3) is 0.556. The molecule has 0 bridgehead atoms. The third kappa shape index (κ3) is 4.33. The topological polar surface area (TPSA) is 40.6 Å². The summed E-state index contributed by atoms with van der Waals surface area (Å²) in [7, 11) is 0. The fourth-order valence-electron chi connectivity index (χ4n) is 3.01. The van der Waals surface area contributed by atoms with Gasteiger partial charge in [0.1, 0.15) is 0 Å². The lowest BCUT2D eigenvalue weighted by atomic mass is 9.92. The second-order valence-corrected chi connectivity index (χ2v) is 6.81. The quantitative estimate of drug-likeness (QED) is 0.856. The number of amides is 2. The number of nitrogens with zero attached hydrogens (tertiary/aromatic N) is 2. The van der Waals surface area contributed by atoms with Gasteiger partial charge in [-0.15, -0.1) is 0 Å². The minimum atomic E-state index is -0.0649. The molecule has 2 rings (SSSR count). The Morgan fingerprint density at radius 3 is 2.50 bits per heavy atom. The van der Waals surface area contributed by atoms with E-state index in [1.54, 1.807) is 4.90 Å². The second kappa shape index (κ2) is 6.95. The molecule has 1 aromatic rings. The lowest BCUT2D eigenvalue weighted by Crippen LogP contribution is -2.39. The summed E-state index contributed by atoms with van der Waals surface area (Å²) in [6, 6.07) is 10.0. The maximum Gasteiger partial charge on any atom is 0.242 e. The van der Waals surface area contributed by atoms with E-state index in [9.17, 15) is 9.59 Å². The third-order valence-electron chi connectivity index (χ3n) is 4.12. The highest BCUT2D eigenvalue weighted by molar-refractivity contribution is 5.85. The summed E-state index contributed by atoms with van der Waals surface area (Å²) in [5.41, 5.74) is 1.09. The van der Waals surface area contributed by atoms with E-state index in [0.29, 0.717) is 26.1 Å². The highest BCUT2D eigenvalue weighted by atomic mass is 16.2. The van der Waals surface area contributed by atoms with Crippen molar-refractivity contribution in [2.24, 2.45) is 5.41 Å². The zero-order chi connectivity index (χ0) is 16.2. The Labute approximate surface area is 133 Å². The van der Waals surface area contributed by atoms with Crippen molar-refractivity contribution < 1.29 is 9.59 Å². The zero-order valence-electron chi connectivity index (χ0n) is 13.8. The van der Waals surface area contributed by atoms with Gasteiger partial charge in [0.2, 0.25) is 11.8 Å². The Kier molecular flexibility index (Phi) is 5.22. The van der Waals surface area contributed by atoms with E-state index >= 15 is 0 Å². The Balaban J connectivity index is 2.00. The molecule has 0 atom stereocenters. The number of benzene rings is 1. The van der Waals surface area contributed by atoms with Gasteiger partial charge in [-0.05, 0) is 24.3 Å². The molecule has 2 amide bonds. The van der Waals surface area contributed by atoms with Gasteiger partial charge in [-0.25, -0.2) is 0 Å². The first kappa shape index (κ1) is 16.5. The van der Waals surface area contributed by atoms with Crippen molar-refractivity contribution in [3.63, 3.8) is 0 Å². The lowest BCUT2D eigenvalue weighted by Gasteiger charge is -2.30. The molecule has 4 nitrogen and oxygen atoms in total. The molecule has 0 aromatic heterocycles. The Bertz CT molecular complexity index is 525. The van der Waals surface area contributed by atoms with Gasteiger partial charge >= 0.3 is 0 Å². The normalized spacial score (nSPS) is 18.2. The molecule has 1 aliphatic rings. The first-order chi connectivity index (χ1) is 10.4. The van der Waals surface area contributed by atoms with E-state index in [4.69, 9.17) is 0 Å². The van der Waals surface area contributed by atoms with Crippen molar-refractivity contribution in [2.75, 3.05) is 26.2 Å². The minimum absolute atomic E-state index is 0.0566. The predicted octanol–water partition coefficient (Wildman–Crippen LogP) is 2.34. The van der Waals surface area contributed by atoms with Gasteiger partial charge in [-0.1, -0.05) is 44.2 Å². The highest BCUT2D eigenvalue weighted by Crippen LogP contribution is 2.23. The van der Waals surface area contributed by atoms with Crippen molar-refractivity contribution in [3.8, 4) is 0 Å². The molecule has 1 fully saturated rings. The molecule has 0 N–H and O–H groups in total. The highest BCUT2D eigenvalue weighted by Gasteiger charge is 2.33. The molecule has 1 heterocycles. The average Bonchev–Trinajstić information content (AvgIpc) is 2.61. The monoisotopic (exact) mass is 302 g/mol. The standard InChI is InChI=1S/C18H26N2O2/c1-4-19-13-18(2,3)14-20(12-17(19)22)16(21)11-10-15-8-6-5-7-9-15/h5-9H,4,10-14H2,1-3H3.